The third kappa shape index (κ3) is 2.05. The van der Waals surface area contributed by atoms with Gasteiger partial charge in [0.1, 0.15) is 11.3 Å². The molecule has 0 radical (unpaired) electrons. The molecule has 2 heterocycles. The van der Waals surface area contributed by atoms with Gasteiger partial charge in [0.25, 0.3) is 0 Å². The highest BCUT2D eigenvalue weighted by atomic mass is 35.5. The Hall–Kier alpha value is -1.98. The lowest BCUT2D eigenvalue weighted by Crippen LogP contribution is -2.01. The maximum Gasteiger partial charge on any atom is 0.336 e. The molecule has 0 saturated carbocycles. The van der Waals surface area contributed by atoms with Crippen molar-refractivity contribution in [3.63, 3.8) is 0 Å². The Morgan fingerprint density at radius 1 is 1.35 bits per heavy atom. The molecule has 0 atom stereocenters. The second kappa shape index (κ2) is 4.85. The van der Waals surface area contributed by atoms with Crippen LogP contribution >= 0.6 is 22.9 Å². The number of rotatable bonds is 2. The number of carboxylic acids is 1. The normalized spacial score (nSPS) is 10.9. The number of benzene rings is 1. The number of thiophene rings is 1. The van der Waals surface area contributed by atoms with E-state index in [2.05, 4.69) is 4.98 Å². The summed E-state index contributed by atoms with van der Waals surface area (Å²) >= 11 is 7.44. The Labute approximate surface area is 122 Å². The molecule has 0 spiro atoms. The fourth-order valence-corrected chi connectivity index (χ4v) is 2.90. The average Bonchev–Trinajstić information content (AvgIpc) is 2.96. The van der Waals surface area contributed by atoms with Gasteiger partial charge >= 0.3 is 5.97 Å². The van der Waals surface area contributed by atoms with Crippen LogP contribution in [0.2, 0.25) is 5.02 Å². The molecule has 100 valence electrons. The number of pyridine rings is 1. The highest BCUT2D eigenvalue weighted by Gasteiger charge is 2.18. The Balaban J connectivity index is 2.43. The first-order valence-electron chi connectivity index (χ1n) is 5.62. The van der Waals surface area contributed by atoms with Gasteiger partial charge in [-0.15, -0.1) is 0 Å². The number of aromatic carboxylic acids is 1. The van der Waals surface area contributed by atoms with Crippen LogP contribution in [0.5, 0.6) is 0 Å². The van der Waals surface area contributed by atoms with Gasteiger partial charge in [-0.25, -0.2) is 14.2 Å². The third-order valence-electron chi connectivity index (χ3n) is 2.91. The van der Waals surface area contributed by atoms with Gasteiger partial charge < -0.3 is 5.11 Å². The summed E-state index contributed by atoms with van der Waals surface area (Å²) in [7, 11) is 0. The molecule has 0 aliphatic rings. The van der Waals surface area contributed by atoms with Crippen LogP contribution in [0.25, 0.3) is 22.2 Å². The van der Waals surface area contributed by atoms with Crippen LogP contribution in [-0.4, -0.2) is 16.1 Å². The van der Waals surface area contributed by atoms with E-state index in [1.807, 2.05) is 10.8 Å². The molecule has 0 aliphatic carbocycles. The molecule has 20 heavy (non-hydrogen) atoms. The number of aromatic nitrogens is 1. The average molecular weight is 308 g/mol. The van der Waals surface area contributed by atoms with E-state index in [4.69, 9.17) is 11.6 Å². The SMILES string of the molecule is O=C(O)c1cc(-c2ccsc2)nc2c(F)ccc(Cl)c12. The molecule has 0 unspecified atom stereocenters. The number of hydrogen-bond donors (Lipinski definition) is 1. The van der Waals surface area contributed by atoms with Crippen LogP contribution in [0, 0.1) is 5.82 Å². The molecule has 3 nitrogen and oxygen atoms in total. The van der Waals surface area contributed by atoms with Crippen molar-refractivity contribution in [2.24, 2.45) is 0 Å². The summed E-state index contributed by atoms with van der Waals surface area (Å²) in [6.07, 6.45) is 0. The molecule has 0 aliphatic heterocycles. The van der Waals surface area contributed by atoms with E-state index >= 15 is 0 Å². The van der Waals surface area contributed by atoms with E-state index in [0.717, 1.165) is 5.56 Å². The summed E-state index contributed by atoms with van der Waals surface area (Å²) in [5.41, 5.74) is 1.08. The fourth-order valence-electron chi connectivity index (χ4n) is 2.00. The van der Waals surface area contributed by atoms with Crippen LogP contribution < -0.4 is 0 Å². The lowest BCUT2D eigenvalue weighted by atomic mass is 10.1. The Bertz CT molecular complexity index is 818. The molecule has 0 saturated heterocycles. The smallest absolute Gasteiger partial charge is 0.336 e. The van der Waals surface area contributed by atoms with Gasteiger partial charge in [-0.1, -0.05) is 11.6 Å². The lowest BCUT2D eigenvalue weighted by Gasteiger charge is -2.08. The van der Waals surface area contributed by atoms with Crippen molar-refractivity contribution in [1.29, 1.82) is 0 Å². The molecular weight excluding hydrogens is 301 g/mol. The minimum atomic E-state index is -1.17. The molecule has 2 aromatic heterocycles. The van der Waals surface area contributed by atoms with Crippen molar-refractivity contribution in [3.05, 3.63) is 51.4 Å². The molecule has 6 heteroatoms. The molecule has 1 aromatic carbocycles. The second-order valence-electron chi connectivity index (χ2n) is 4.13. The van der Waals surface area contributed by atoms with Crippen LogP contribution in [0.15, 0.2) is 35.0 Å². The van der Waals surface area contributed by atoms with Crippen molar-refractivity contribution in [1.82, 2.24) is 4.98 Å². The predicted octanol–water partition coefficient (Wildman–Crippen LogP) is 4.45. The Morgan fingerprint density at radius 2 is 2.15 bits per heavy atom. The zero-order valence-electron chi connectivity index (χ0n) is 9.93. The van der Waals surface area contributed by atoms with Gasteiger partial charge in [0.2, 0.25) is 0 Å². The van der Waals surface area contributed by atoms with Crippen LogP contribution in [0.4, 0.5) is 4.39 Å². The predicted molar refractivity (Wildman–Crippen MR) is 77.0 cm³/mol. The lowest BCUT2D eigenvalue weighted by molar-refractivity contribution is 0.0699. The van der Waals surface area contributed by atoms with E-state index in [1.165, 1.54) is 29.5 Å². The number of nitrogens with zero attached hydrogens (tertiary/aromatic N) is 1. The first-order chi connectivity index (χ1) is 9.58. The zero-order chi connectivity index (χ0) is 14.3. The monoisotopic (exact) mass is 307 g/mol. The Kier molecular flexibility index (Phi) is 3.16. The number of carbonyl (C=O) groups is 1. The zero-order valence-corrected chi connectivity index (χ0v) is 11.5. The summed E-state index contributed by atoms with van der Waals surface area (Å²) in [6.45, 7) is 0. The van der Waals surface area contributed by atoms with Crippen molar-refractivity contribution in [2.75, 3.05) is 0 Å². The molecule has 1 N–H and O–H groups in total. The summed E-state index contributed by atoms with van der Waals surface area (Å²) in [5.74, 6) is -1.76. The quantitative estimate of drug-likeness (QED) is 0.760. The van der Waals surface area contributed by atoms with Crippen molar-refractivity contribution >= 4 is 39.8 Å². The minimum Gasteiger partial charge on any atom is -0.478 e. The van der Waals surface area contributed by atoms with E-state index in [1.54, 1.807) is 6.07 Å². The highest BCUT2D eigenvalue weighted by Crippen LogP contribution is 2.32. The Morgan fingerprint density at radius 3 is 2.80 bits per heavy atom. The van der Waals surface area contributed by atoms with E-state index < -0.39 is 11.8 Å². The van der Waals surface area contributed by atoms with Gasteiger partial charge in [-0.05, 0) is 29.6 Å². The maximum absolute atomic E-state index is 13.9. The number of hydrogen-bond acceptors (Lipinski definition) is 3. The molecule has 3 aromatic rings. The van der Waals surface area contributed by atoms with Gasteiger partial charge in [0.15, 0.2) is 0 Å². The first-order valence-corrected chi connectivity index (χ1v) is 6.94. The maximum atomic E-state index is 13.9. The third-order valence-corrected chi connectivity index (χ3v) is 3.91. The van der Waals surface area contributed by atoms with E-state index in [-0.39, 0.29) is 21.5 Å². The van der Waals surface area contributed by atoms with Crippen molar-refractivity contribution < 1.29 is 14.3 Å². The molecule has 3 rings (SSSR count). The van der Waals surface area contributed by atoms with Crippen LogP contribution in [0.3, 0.4) is 0 Å². The van der Waals surface area contributed by atoms with Crippen LogP contribution in [-0.2, 0) is 0 Å². The number of fused-ring (bicyclic) bond motifs is 1. The highest BCUT2D eigenvalue weighted by molar-refractivity contribution is 7.08. The van der Waals surface area contributed by atoms with Gasteiger partial charge in [-0.2, -0.15) is 11.3 Å². The van der Waals surface area contributed by atoms with E-state index in [0.29, 0.717) is 5.69 Å². The topological polar surface area (TPSA) is 50.2 Å². The minimum absolute atomic E-state index is 0.0291. The van der Waals surface area contributed by atoms with Crippen molar-refractivity contribution in [3.8, 4) is 11.3 Å². The largest absolute Gasteiger partial charge is 0.478 e. The summed E-state index contributed by atoms with van der Waals surface area (Å²) in [5, 5.41) is 13.3. The molecular formula is C14H7ClFNO2S. The number of halogens is 2. The summed E-state index contributed by atoms with van der Waals surface area (Å²) in [4.78, 5) is 15.6. The summed E-state index contributed by atoms with van der Waals surface area (Å²) < 4.78 is 13.9. The summed E-state index contributed by atoms with van der Waals surface area (Å²) in [6, 6.07) is 5.73. The van der Waals surface area contributed by atoms with Gasteiger partial charge in [0.05, 0.1) is 16.3 Å². The molecule has 0 amide bonds. The van der Waals surface area contributed by atoms with Gasteiger partial charge in [0, 0.05) is 16.3 Å². The standard InChI is InChI=1S/C14H7ClFNO2S/c15-9-1-2-10(16)13-12(9)8(14(18)19)5-11(17-13)7-3-4-20-6-7/h1-6H,(H,18,19). The van der Waals surface area contributed by atoms with Crippen LogP contribution in [0.1, 0.15) is 10.4 Å². The van der Waals surface area contributed by atoms with Gasteiger partial charge in [-0.3, -0.25) is 0 Å². The molecule has 0 bridgehead atoms. The van der Waals surface area contributed by atoms with Crippen molar-refractivity contribution in [2.45, 2.75) is 0 Å². The number of carboxylic acid groups (broad SMARTS) is 1. The second-order valence-corrected chi connectivity index (χ2v) is 5.31. The first kappa shape index (κ1) is 13.0. The fraction of sp³-hybridized carbons (Fsp3) is 0. The van der Waals surface area contributed by atoms with E-state index in [9.17, 15) is 14.3 Å². The molecule has 0 fully saturated rings.